The molecule has 1 aromatic carbocycles. The minimum Gasteiger partial charge on any atom is -0.361 e. The van der Waals surface area contributed by atoms with Crippen LogP contribution in [-0.4, -0.2) is 17.4 Å². The first kappa shape index (κ1) is 13.4. The number of rotatable bonds is 4. The van der Waals surface area contributed by atoms with E-state index in [0.29, 0.717) is 6.54 Å². The third-order valence-electron chi connectivity index (χ3n) is 3.15. The van der Waals surface area contributed by atoms with Crippen molar-refractivity contribution in [3.63, 3.8) is 0 Å². The van der Waals surface area contributed by atoms with Crippen molar-refractivity contribution in [1.82, 2.24) is 10.3 Å². The molecule has 0 atom stereocenters. The number of carbonyl (C=O) groups is 1. The van der Waals surface area contributed by atoms with Crippen LogP contribution in [0, 0.1) is 0 Å². The number of amides is 1. The van der Waals surface area contributed by atoms with E-state index in [0.717, 1.165) is 20.6 Å². The Bertz CT molecular complexity index is 747. The highest BCUT2D eigenvalue weighted by atomic mass is 79.9. The number of H-pyrrole nitrogens is 1. The topological polar surface area (TPSA) is 44.9 Å². The van der Waals surface area contributed by atoms with Gasteiger partial charge in [-0.2, -0.15) is 0 Å². The van der Waals surface area contributed by atoms with Crippen molar-refractivity contribution in [2.75, 3.05) is 6.54 Å². The summed E-state index contributed by atoms with van der Waals surface area (Å²) >= 11 is 4.81. The standard InChI is InChI=1S/C15H13BrN2OS/c16-14-6-5-13(20-14)15(19)17-8-7-10-9-18-12-4-2-1-3-11(10)12/h1-6,9,18H,7-8H2,(H,17,19). The van der Waals surface area contributed by atoms with Gasteiger partial charge in [0.1, 0.15) is 0 Å². The van der Waals surface area contributed by atoms with Crippen molar-refractivity contribution >= 4 is 44.1 Å². The van der Waals surface area contributed by atoms with Crippen LogP contribution in [0.3, 0.4) is 0 Å². The van der Waals surface area contributed by atoms with Gasteiger partial charge in [-0.3, -0.25) is 4.79 Å². The van der Waals surface area contributed by atoms with Gasteiger partial charge < -0.3 is 10.3 Å². The van der Waals surface area contributed by atoms with Gasteiger partial charge in [-0.05, 0) is 46.1 Å². The monoisotopic (exact) mass is 348 g/mol. The smallest absolute Gasteiger partial charge is 0.261 e. The largest absolute Gasteiger partial charge is 0.361 e. The SMILES string of the molecule is O=C(NCCc1c[nH]c2ccccc12)c1ccc(Br)s1. The highest BCUT2D eigenvalue weighted by Gasteiger charge is 2.08. The molecule has 3 nitrogen and oxygen atoms in total. The molecule has 5 heteroatoms. The summed E-state index contributed by atoms with van der Waals surface area (Å²) in [4.78, 5) is 15.9. The molecule has 3 aromatic rings. The van der Waals surface area contributed by atoms with Crippen LogP contribution in [0.4, 0.5) is 0 Å². The lowest BCUT2D eigenvalue weighted by Gasteiger charge is -2.03. The van der Waals surface area contributed by atoms with Crippen LogP contribution in [-0.2, 0) is 6.42 Å². The fraction of sp³-hybridized carbons (Fsp3) is 0.133. The van der Waals surface area contributed by atoms with Gasteiger partial charge in [-0.15, -0.1) is 11.3 Å². The summed E-state index contributed by atoms with van der Waals surface area (Å²) in [6.45, 7) is 0.635. The lowest BCUT2D eigenvalue weighted by Crippen LogP contribution is -2.24. The molecule has 0 aliphatic carbocycles. The third-order valence-corrected chi connectivity index (χ3v) is 4.77. The molecule has 1 amide bonds. The quantitative estimate of drug-likeness (QED) is 0.736. The molecular weight excluding hydrogens is 336 g/mol. The summed E-state index contributed by atoms with van der Waals surface area (Å²) in [7, 11) is 0. The number of hydrogen-bond acceptors (Lipinski definition) is 2. The van der Waals surface area contributed by atoms with Crippen molar-refractivity contribution in [2.45, 2.75) is 6.42 Å². The second-order valence-corrected chi connectivity index (χ2v) is 6.93. The highest BCUT2D eigenvalue weighted by molar-refractivity contribution is 9.11. The molecule has 0 unspecified atom stereocenters. The van der Waals surface area contributed by atoms with Gasteiger partial charge in [0.15, 0.2) is 0 Å². The number of nitrogens with one attached hydrogen (secondary N) is 2. The second-order valence-electron chi connectivity index (χ2n) is 4.47. The molecule has 0 saturated heterocycles. The summed E-state index contributed by atoms with van der Waals surface area (Å²) in [5.41, 5.74) is 2.37. The Morgan fingerprint density at radius 2 is 2.10 bits per heavy atom. The summed E-state index contributed by atoms with van der Waals surface area (Å²) in [6.07, 6.45) is 2.83. The first-order valence-electron chi connectivity index (χ1n) is 6.32. The van der Waals surface area contributed by atoms with E-state index in [2.05, 4.69) is 38.4 Å². The number of benzene rings is 1. The van der Waals surface area contributed by atoms with Crippen molar-refractivity contribution in [3.05, 3.63) is 56.8 Å². The van der Waals surface area contributed by atoms with Gasteiger partial charge >= 0.3 is 0 Å². The Labute approximate surface area is 129 Å². The van der Waals surface area contributed by atoms with Crippen LogP contribution in [0.2, 0.25) is 0 Å². The zero-order chi connectivity index (χ0) is 13.9. The second kappa shape index (κ2) is 5.81. The van der Waals surface area contributed by atoms with Crippen molar-refractivity contribution in [1.29, 1.82) is 0 Å². The minimum absolute atomic E-state index is 0.0134. The van der Waals surface area contributed by atoms with Crippen LogP contribution in [0.5, 0.6) is 0 Å². The van der Waals surface area contributed by atoms with Gasteiger partial charge in [-0.1, -0.05) is 18.2 Å². The minimum atomic E-state index is -0.0134. The van der Waals surface area contributed by atoms with Crippen LogP contribution in [0.1, 0.15) is 15.2 Å². The van der Waals surface area contributed by atoms with Crippen LogP contribution in [0.25, 0.3) is 10.9 Å². The van der Waals surface area contributed by atoms with E-state index < -0.39 is 0 Å². The number of hydrogen-bond donors (Lipinski definition) is 2. The highest BCUT2D eigenvalue weighted by Crippen LogP contribution is 2.22. The lowest BCUT2D eigenvalue weighted by molar-refractivity contribution is 0.0958. The fourth-order valence-corrected chi connectivity index (χ4v) is 3.48. The maximum atomic E-state index is 11.9. The van der Waals surface area contributed by atoms with Crippen LogP contribution >= 0.6 is 27.3 Å². The van der Waals surface area contributed by atoms with Gasteiger partial charge in [0.2, 0.25) is 0 Å². The molecule has 2 heterocycles. The van der Waals surface area contributed by atoms with E-state index in [9.17, 15) is 4.79 Å². The van der Waals surface area contributed by atoms with E-state index in [1.54, 1.807) is 0 Å². The normalized spacial score (nSPS) is 10.8. The Balaban J connectivity index is 1.61. The number of para-hydroxylation sites is 1. The van der Waals surface area contributed by atoms with E-state index >= 15 is 0 Å². The number of carbonyl (C=O) groups excluding carboxylic acids is 1. The molecule has 2 N–H and O–H groups in total. The summed E-state index contributed by atoms with van der Waals surface area (Å²) in [6, 6.07) is 11.9. The van der Waals surface area contributed by atoms with Crippen molar-refractivity contribution in [3.8, 4) is 0 Å². The van der Waals surface area contributed by atoms with E-state index in [1.165, 1.54) is 22.3 Å². The van der Waals surface area contributed by atoms with Crippen LogP contribution < -0.4 is 5.32 Å². The number of halogens is 1. The van der Waals surface area contributed by atoms with E-state index in [1.807, 2.05) is 30.5 Å². The molecule has 102 valence electrons. The zero-order valence-electron chi connectivity index (χ0n) is 10.7. The van der Waals surface area contributed by atoms with Crippen molar-refractivity contribution < 1.29 is 4.79 Å². The first-order valence-corrected chi connectivity index (χ1v) is 7.93. The molecule has 0 bridgehead atoms. The first-order chi connectivity index (χ1) is 9.74. The Morgan fingerprint density at radius 3 is 2.90 bits per heavy atom. The van der Waals surface area contributed by atoms with Gasteiger partial charge in [0.05, 0.1) is 8.66 Å². The number of aromatic nitrogens is 1. The molecule has 0 spiro atoms. The molecule has 0 aliphatic rings. The summed E-state index contributed by atoms with van der Waals surface area (Å²) < 4.78 is 0.972. The van der Waals surface area contributed by atoms with E-state index in [-0.39, 0.29) is 5.91 Å². The van der Waals surface area contributed by atoms with Crippen molar-refractivity contribution in [2.24, 2.45) is 0 Å². The molecule has 0 radical (unpaired) electrons. The summed E-state index contributed by atoms with van der Waals surface area (Å²) in [5, 5.41) is 4.17. The van der Waals surface area contributed by atoms with Gasteiger partial charge in [0, 0.05) is 23.6 Å². The summed E-state index contributed by atoms with van der Waals surface area (Å²) in [5.74, 6) is -0.0134. The third kappa shape index (κ3) is 2.78. The zero-order valence-corrected chi connectivity index (χ0v) is 13.1. The molecule has 2 aromatic heterocycles. The molecule has 0 aliphatic heterocycles. The Morgan fingerprint density at radius 1 is 1.25 bits per heavy atom. The Kier molecular flexibility index (Phi) is 3.89. The van der Waals surface area contributed by atoms with Crippen LogP contribution in [0.15, 0.2) is 46.4 Å². The maximum Gasteiger partial charge on any atom is 0.261 e. The number of aromatic amines is 1. The van der Waals surface area contributed by atoms with Gasteiger partial charge in [0.25, 0.3) is 5.91 Å². The maximum absolute atomic E-state index is 11.9. The molecular formula is C15H13BrN2OS. The molecule has 20 heavy (non-hydrogen) atoms. The average Bonchev–Trinajstić information content (AvgIpc) is 3.06. The molecule has 0 saturated carbocycles. The average molecular weight is 349 g/mol. The van der Waals surface area contributed by atoms with E-state index in [4.69, 9.17) is 0 Å². The molecule has 3 rings (SSSR count). The lowest BCUT2D eigenvalue weighted by atomic mass is 10.1. The van der Waals surface area contributed by atoms with Gasteiger partial charge in [-0.25, -0.2) is 0 Å². The predicted octanol–water partition coefficient (Wildman–Crippen LogP) is 3.96. The molecule has 0 fully saturated rings. The number of fused-ring (bicyclic) bond motifs is 1. The fourth-order valence-electron chi connectivity index (χ4n) is 2.17. The predicted molar refractivity (Wildman–Crippen MR) is 86.4 cm³/mol. The number of thiophene rings is 1. The Hall–Kier alpha value is -1.59.